The number of pyridine rings is 1. The number of amides is 1. The number of carbonyl (C=O) groups excluding carboxylic acids is 1. The van der Waals surface area contributed by atoms with Crippen molar-refractivity contribution in [1.82, 2.24) is 20.0 Å². The Hall–Kier alpha value is -3.29. The van der Waals surface area contributed by atoms with Crippen molar-refractivity contribution < 1.29 is 13.7 Å². The maximum atomic E-state index is 13.1. The minimum Gasteiger partial charge on any atom is -0.352 e. The Balaban J connectivity index is 1.54. The van der Waals surface area contributed by atoms with E-state index in [4.69, 9.17) is 4.52 Å². The average Bonchev–Trinajstić information content (AvgIpc) is 3.36. The zero-order chi connectivity index (χ0) is 19.5. The van der Waals surface area contributed by atoms with Crippen LogP contribution in [0.2, 0.25) is 0 Å². The summed E-state index contributed by atoms with van der Waals surface area (Å²) in [5.74, 6) is -0.253. The van der Waals surface area contributed by atoms with E-state index in [-0.39, 0.29) is 41.6 Å². The molecule has 1 fully saturated rings. The zero-order valence-corrected chi connectivity index (χ0v) is 15.1. The van der Waals surface area contributed by atoms with Gasteiger partial charge in [0.15, 0.2) is 0 Å². The first-order valence-corrected chi connectivity index (χ1v) is 9.19. The van der Waals surface area contributed by atoms with Gasteiger partial charge in [-0.05, 0) is 49.2 Å². The number of benzene rings is 1. The number of carbonyl (C=O) groups is 1. The molecule has 1 aromatic carbocycles. The highest BCUT2D eigenvalue weighted by molar-refractivity contribution is 5.76. The summed E-state index contributed by atoms with van der Waals surface area (Å²) < 4.78 is 19.6. The largest absolute Gasteiger partial charge is 0.352 e. The highest BCUT2D eigenvalue weighted by Crippen LogP contribution is 2.20. The average molecular weight is 382 g/mol. The lowest BCUT2D eigenvalue weighted by molar-refractivity contribution is -0.122. The van der Waals surface area contributed by atoms with Gasteiger partial charge in [0, 0.05) is 17.8 Å². The normalized spacial score (nSPS) is 14.3. The van der Waals surface area contributed by atoms with E-state index in [1.54, 1.807) is 18.3 Å². The van der Waals surface area contributed by atoms with Crippen molar-refractivity contribution in [3.8, 4) is 22.8 Å². The maximum Gasteiger partial charge on any atom is 0.263 e. The van der Waals surface area contributed by atoms with E-state index in [1.165, 1.54) is 28.8 Å². The summed E-state index contributed by atoms with van der Waals surface area (Å²) in [7, 11) is 0. The van der Waals surface area contributed by atoms with Crippen LogP contribution in [0.25, 0.3) is 22.8 Å². The molecule has 4 rings (SSSR count). The molecule has 28 heavy (non-hydrogen) atoms. The molecule has 1 amide bonds. The molecule has 2 heterocycles. The molecule has 3 aromatic rings. The van der Waals surface area contributed by atoms with Gasteiger partial charge in [-0.3, -0.25) is 9.59 Å². The second kappa shape index (κ2) is 7.75. The fourth-order valence-electron chi connectivity index (χ4n) is 3.37. The quantitative estimate of drug-likeness (QED) is 0.733. The van der Waals surface area contributed by atoms with Crippen molar-refractivity contribution in [2.75, 3.05) is 0 Å². The van der Waals surface area contributed by atoms with Crippen molar-refractivity contribution in [1.29, 1.82) is 0 Å². The van der Waals surface area contributed by atoms with Gasteiger partial charge in [0.2, 0.25) is 11.7 Å². The lowest BCUT2D eigenvalue weighted by Gasteiger charge is -2.12. The van der Waals surface area contributed by atoms with Crippen LogP contribution in [0.15, 0.2) is 51.9 Å². The van der Waals surface area contributed by atoms with Crippen LogP contribution < -0.4 is 10.9 Å². The third-order valence-electron chi connectivity index (χ3n) is 4.81. The topological polar surface area (TPSA) is 90.0 Å². The summed E-state index contributed by atoms with van der Waals surface area (Å²) in [6.07, 6.45) is 5.75. The van der Waals surface area contributed by atoms with Gasteiger partial charge in [-0.25, -0.2) is 4.39 Å². The number of nitrogens with one attached hydrogen (secondary N) is 1. The number of rotatable bonds is 5. The standard InChI is InChI=1S/C20H19FN4O3/c21-14-9-7-13(8-10-14)18-23-19(28-24-18)16-6-3-11-25(20(16)27)12-17(26)22-15-4-1-2-5-15/h3,6-11,15H,1-2,4-5,12H2,(H,22,26). The van der Waals surface area contributed by atoms with Gasteiger partial charge in [-0.1, -0.05) is 18.0 Å². The zero-order valence-electron chi connectivity index (χ0n) is 15.1. The van der Waals surface area contributed by atoms with Crippen molar-refractivity contribution >= 4 is 5.91 Å². The second-order valence-corrected chi connectivity index (χ2v) is 6.83. The van der Waals surface area contributed by atoms with Gasteiger partial charge in [-0.15, -0.1) is 0 Å². The molecule has 1 aliphatic carbocycles. The summed E-state index contributed by atoms with van der Waals surface area (Å²) in [4.78, 5) is 29.2. The van der Waals surface area contributed by atoms with E-state index in [1.807, 2.05) is 0 Å². The molecule has 0 aliphatic heterocycles. The van der Waals surface area contributed by atoms with Crippen LogP contribution >= 0.6 is 0 Å². The van der Waals surface area contributed by atoms with E-state index in [9.17, 15) is 14.0 Å². The Kier molecular flexibility index (Phi) is 5.01. The SMILES string of the molecule is O=C(Cn1cccc(-c2nc(-c3ccc(F)cc3)no2)c1=O)NC1CCCC1. The Morgan fingerprint density at radius 1 is 1.21 bits per heavy atom. The van der Waals surface area contributed by atoms with Crippen molar-refractivity contribution in [2.24, 2.45) is 0 Å². The van der Waals surface area contributed by atoms with E-state index in [2.05, 4.69) is 15.5 Å². The fourth-order valence-corrected chi connectivity index (χ4v) is 3.37. The number of nitrogens with zero attached hydrogens (tertiary/aromatic N) is 3. The minimum absolute atomic E-state index is 0.0508. The van der Waals surface area contributed by atoms with Crippen molar-refractivity contribution in [3.05, 3.63) is 58.8 Å². The van der Waals surface area contributed by atoms with E-state index < -0.39 is 5.56 Å². The summed E-state index contributed by atoms with van der Waals surface area (Å²) in [5, 5.41) is 6.82. The molecule has 0 atom stereocenters. The summed E-state index contributed by atoms with van der Waals surface area (Å²) in [6, 6.07) is 9.06. The van der Waals surface area contributed by atoms with Gasteiger partial charge in [0.1, 0.15) is 17.9 Å². The van der Waals surface area contributed by atoms with Gasteiger partial charge in [0.25, 0.3) is 11.4 Å². The van der Waals surface area contributed by atoms with Crippen molar-refractivity contribution in [2.45, 2.75) is 38.3 Å². The number of hydrogen-bond donors (Lipinski definition) is 1. The molecule has 7 nitrogen and oxygen atoms in total. The van der Waals surface area contributed by atoms with Crippen LogP contribution in [0.1, 0.15) is 25.7 Å². The lowest BCUT2D eigenvalue weighted by Crippen LogP contribution is -2.37. The highest BCUT2D eigenvalue weighted by Gasteiger charge is 2.19. The molecular formula is C20H19FN4O3. The van der Waals surface area contributed by atoms with E-state index in [0.29, 0.717) is 5.56 Å². The first-order valence-electron chi connectivity index (χ1n) is 9.19. The molecule has 0 bridgehead atoms. The van der Waals surface area contributed by atoms with Crippen LogP contribution in [0.4, 0.5) is 4.39 Å². The number of halogens is 1. The van der Waals surface area contributed by atoms with E-state index in [0.717, 1.165) is 25.7 Å². The molecule has 0 radical (unpaired) electrons. The highest BCUT2D eigenvalue weighted by atomic mass is 19.1. The smallest absolute Gasteiger partial charge is 0.263 e. The molecular weight excluding hydrogens is 363 g/mol. The molecule has 0 saturated heterocycles. The van der Waals surface area contributed by atoms with Gasteiger partial charge >= 0.3 is 0 Å². The number of hydrogen-bond acceptors (Lipinski definition) is 5. The Labute approximate surface area is 160 Å². The second-order valence-electron chi connectivity index (χ2n) is 6.83. The third-order valence-corrected chi connectivity index (χ3v) is 4.81. The Morgan fingerprint density at radius 3 is 2.71 bits per heavy atom. The van der Waals surface area contributed by atoms with Crippen LogP contribution in [0.3, 0.4) is 0 Å². The predicted molar refractivity (Wildman–Crippen MR) is 99.8 cm³/mol. The Morgan fingerprint density at radius 2 is 1.96 bits per heavy atom. The first-order chi connectivity index (χ1) is 13.6. The van der Waals surface area contributed by atoms with Crippen LogP contribution in [-0.2, 0) is 11.3 Å². The predicted octanol–water partition coefficient (Wildman–Crippen LogP) is 2.76. The molecule has 2 aromatic heterocycles. The maximum absolute atomic E-state index is 13.1. The summed E-state index contributed by atoms with van der Waals surface area (Å²) in [5.41, 5.74) is 0.388. The van der Waals surface area contributed by atoms with Crippen LogP contribution in [0.5, 0.6) is 0 Å². The molecule has 1 N–H and O–H groups in total. The third kappa shape index (κ3) is 3.85. The van der Waals surface area contributed by atoms with Crippen LogP contribution in [-0.4, -0.2) is 26.7 Å². The summed E-state index contributed by atoms with van der Waals surface area (Å²) >= 11 is 0. The van der Waals surface area contributed by atoms with E-state index >= 15 is 0 Å². The molecule has 1 saturated carbocycles. The van der Waals surface area contributed by atoms with Gasteiger partial charge in [-0.2, -0.15) is 4.98 Å². The minimum atomic E-state index is -0.390. The molecule has 144 valence electrons. The van der Waals surface area contributed by atoms with Gasteiger partial charge in [0.05, 0.1) is 0 Å². The number of aromatic nitrogens is 3. The molecule has 0 unspecified atom stereocenters. The molecule has 1 aliphatic rings. The molecule has 0 spiro atoms. The summed E-state index contributed by atoms with van der Waals surface area (Å²) in [6.45, 7) is -0.0673. The van der Waals surface area contributed by atoms with Crippen LogP contribution in [0, 0.1) is 5.82 Å². The molecule has 8 heteroatoms. The lowest BCUT2D eigenvalue weighted by atomic mass is 10.2. The Bertz CT molecular complexity index is 1040. The first kappa shape index (κ1) is 18.1. The fraction of sp³-hybridized carbons (Fsp3) is 0.300. The van der Waals surface area contributed by atoms with Crippen molar-refractivity contribution in [3.63, 3.8) is 0 Å². The van der Waals surface area contributed by atoms with Gasteiger partial charge < -0.3 is 14.4 Å². The monoisotopic (exact) mass is 382 g/mol.